The van der Waals surface area contributed by atoms with Crippen molar-refractivity contribution >= 4 is 11.3 Å². The van der Waals surface area contributed by atoms with Gasteiger partial charge < -0.3 is 15.0 Å². The van der Waals surface area contributed by atoms with E-state index in [1.54, 1.807) is 0 Å². The maximum absolute atomic E-state index is 5.77. The molecule has 1 aromatic heterocycles. The Hall–Kier alpha value is -0.420. The highest BCUT2D eigenvalue weighted by Crippen LogP contribution is 2.17. The lowest BCUT2D eigenvalue weighted by Crippen LogP contribution is -2.37. The number of nitrogens with zero attached hydrogens (tertiary/aromatic N) is 1. The van der Waals surface area contributed by atoms with E-state index in [4.69, 9.17) is 4.74 Å². The standard InChI is InChI=1S/C15H26N2OS/c1-13(15-7-5-11-19-15)16-8-9-17(2)12-14-6-3-4-10-18-14/h5,7,11,13-14,16H,3-4,6,8-10,12H2,1-2H3. The van der Waals surface area contributed by atoms with Gasteiger partial charge in [0.05, 0.1) is 6.10 Å². The van der Waals surface area contributed by atoms with Gasteiger partial charge in [0.25, 0.3) is 0 Å². The minimum Gasteiger partial charge on any atom is -0.377 e. The Morgan fingerprint density at radius 2 is 2.42 bits per heavy atom. The minimum atomic E-state index is 0.452. The fourth-order valence-electron chi connectivity index (χ4n) is 2.50. The van der Waals surface area contributed by atoms with Gasteiger partial charge in [-0.3, -0.25) is 0 Å². The monoisotopic (exact) mass is 282 g/mol. The first-order chi connectivity index (χ1) is 9.25. The largest absolute Gasteiger partial charge is 0.377 e. The van der Waals surface area contributed by atoms with E-state index in [1.807, 2.05) is 11.3 Å². The molecule has 1 saturated heterocycles. The van der Waals surface area contributed by atoms with Gasteiger partial charge in [-0.15, -0.1) is 11.3 Å². The van der Waals surface area contributed by atoms with E-state index in [0.29, 0.717) is 12.1 Å². The fraction of sp³-hybridized carbons (Fsp3) is 0.733. The Morgan fingerprint density at radius 1 is 1.53 bits per heavy atom. The molecule has 1 aromatic rings. The number of rotatable bonds is 7. The predicted molar refractivity (Wildman–Crippen MR) is 81.8 cm³/mol. The number of ether oxygens (including phenoxy) is 1. The van der Waals surface area contributed by atoms with Gasteiger partial charge >= 0.3 is 0 Å². The first-order valence-corrected chi connectivity index (χ1v) is 8.20. The number of likely N-dealkylation sites (N-methyl/N-ethyl adjacent to an activating group) is 1. The second-order valence-corrected chi connectivity index (χ2v) is 6.42. The van der Waals surface area contributed by atoms with Gasteiger partial charge in [0.1, 0.15) is 0 Å². The van der Waals surface area contributed by atoms with Crippen molar-refractivity contribution in [3.8, 4) is 0 Å². The molecule has 2 atom stereocenters. The van der Waals surface area contributed by atoms with Gasteiger partial charge in [0.2, 0.25) is 0 Å². The van der Waals surface area contributed by atoms with Crippen molar-refractivity contribution in [2.24, 2.45) is 0 Å². The Morgan fingerprint density at radius 3 is 3.11 bits per heavy atom. The average molecular weight is 282 g/mol. The lowest BCUT2D eigenvalue weighted by atomic mass is 10.1. The van der Waals surface area contributed by atoms with Crippen LogP contribution in [0.3, 0.4) is 0 Å². The van der Waals surface area contributed by atoms with Crippen molar-refractivity contribution in [2.75, 3.05) is 33.3 Å². The molecule has 19 heavy (non-hydrogen) atoms. The predicted octanol–water partition coefficient (Wildman–Crippen LogP) is 2.90. The van der Waals surface area contributed by atoms with Crippen molar-refractivity contribution in [3.63, 3.8) is 0 Å². The third kappa shape index (κ3) is 5.22. The molecule has 1 aliphatic rings. The maximum atomic E-state index is 5.77. The van der Waals surface area contributed by atoms with Crippen LogP contribution in [-0.2, 0) is 4.74 Å². The Kier molecular flexibility index (Phi) is 6.31. The molecule has 0 aromatic carbocycles. The summed E-state index contributed by atoms with van der Waals surface area (Å²) in [5.41, 5.74) is 0. The van der Waals surface area contributed by atoms with Crippen LogP contribution in [0.2, 0.25) is 0 Å². The molecule has 2 unspecified atom stereocenters. The van der Waals surface area contributed by atoms with E-state index < -0.39 is 0 Å². The summed E-state index contributed by atoms with van der Waals surface area (Å²) in [6.07, 6.45) is 4.24. The molecule has 0 radical (unpaired) electrons. The van der Waals surface area contributed by atoms with Gasteiger partial charge in [-0.2, -0.15) is 0 Å². The van der Waals surface area contributed by atoms with Gasteiger partial charge in [0.15, 0.2) is 0 Å². The van der Waals surface area contributed by atoms with Crippen molar-refractivity contribution in [3.05, 3.63) is 22.4 Å². The third-order valence-corrected chi connectivity index (χ3v) is 4.76. The summed E-state index contributed by atoms with van der Waals surface area (Å²) in [5.74, 6) is 0. The minimum absolute atomic E-state index is 0.452. The van der Waals surface area contributed by atoms with E-state index in [9.17, 15) is 0 Å². The maximum Gasteiger partial charge on any atom is 0.0701 e. The average Bonchev–Trinajstić information content (AvgIpc) is 2.93. The van der Waals surface area contributed by atoms with Crippen LogP contribution in [0.1, 0.15) is 37.1 Å². The fourth-order valence-corrected chi connectivity index (χ4v) is 3.26. The zero-order valence-corrected chi connectivity index (χ0v) is 12.9. The second kappa shape index (κ2) is 8.00. The van der Waals surface area contributed by atoms with E-state index >= 15 is 0 Å². The van der Waals surface area contributed by atoms with Crippen LogP contribution in [0.4, 0.5) is 0 Å². The zero-order valence-electron chi connectivity index (χ0n) is 12.1. The van der Waals surface area contributed by atoms with Crippen LogP contribution in [0, 0.1) is 0 Å². The number of hydrogen-bond acceptors (Lipinski definition) is 4. The van der Waals surface area contributed by atoms with Crippen LogP contribution in [0.25, 0.3) is 0 Å². The summed E-state index contributed by atoms with van der Waals surface area (Å²) >= 11 is 1.82. The highest BCUT2D eigenvalue weighted by atomic mass is 32.1. The summed E-state index contributed by atoms with van der Waals surface area (Å²) in [6.45, 7) is 6.36. The van der Waals surface area contributed by atoms with E-state index in [0.717, 1.165) is 26.2 Å². The molecule has 0 amide bonds. The van der Waals surface area contributed by atoms with Gasteiger partial charge in [-0.05, 0) is 44.7 Å². The van der Waals surface area contributed by atoms with Crippen LogP contribution in [0.15, 0.2) is 17.5 Å². The molecular weight excluding hydrogens is 256 g/mol. The molecule has 1 fully saturated rings. The Labute approximate surface area is 121 Å². The lowest BCUT2D eigenvalue weighted by Gasteiger charge is -2.27. The summed E-state index contributed by atoms with van der Waals surface area (Å²) in [5, 5.41) is 5.72. The normalized spacial score (nSPS) is 21.7. The van der Waals surface area contributed by atoms with Gasteiger partial charge in [0, 0.05) is 37.2 Å². The van der Waals surface area contributed by atoms with Crippen LogP contribution in [-0.4, -0.2) is 44.3 Å². The quantitative estimate of drug-likeness (QED) is 0.832. The molecule has 0 saturated carbocycles. The first kappa shape index (κ1) is 15.0. The Balaban J connectivity index is 1.59. The Bertz CT molecular complexity index is 336. The molecule has 2 heterocycles. The zero-order chi connectivity index (χ0) is 13.5. The van der Waals surface area contributed by atoms with Gasteiger partial charge in [-0.25, -0.2) is 0 Å². The lowest BCUT2D eigenvalue weighted by molar-refractivity contribution is -0.00128. The summed E-state index contributed by atoms with van der Waals surface area (Å²) in [6, 6.07) is 4.77. The number of thiophene rings is 1. The second-order valence-electron chi connectivity index (χ2n) is 5.44. The molecule has 1 N–H and O–H groups in total. The van der Waals surface area contributed by atoms with Crippen LogP contribution >= 0.6 is 11.3 Å². The number of nitrogens with one attached hydrogen (secondary N) is 1. The summed E-state index contributed by atoms with van der Waals surface area (Å²) in [4.78, 5) is 3.79. The smallest absolute Gasteiger partial charge is 0.0701 e. The first-order valence-electron chi connectivity index (χ1n) is 7.32. The van der Waals surface area contributed by atoms with Crippen molar-refractivity contribution in [2.45, 2.75) is 38.3 Å². The van der Waals surface area contributed by atoms with Crippen LogP contribution < -0.4 is 5.32 Å². The van der Waals surface area contributed by atoms with Crippen molar-refractivity contribution in [1.29, 1.82) is 0 Å². The third-order valence-electron chi connectivity index (χ3n) is 3.70. The van der Waals surface area contributed by atoms with E-state index in [-0.39, 0.29) is 0 Å². The number of hydrogen-bond donors (Lipinski definition) is 1. The molecule has 0 aliphatic carbocycles. The van der Waals surface area contributed by atoms with Gasteiger partial charge in [-0.1, -0.05) is 6.07 Å². The summed E-state index contributed by atoms with van der Waals surface area (Å²) < 4.78 is 5.77. The molecule has 3 nitrogen and oxygen atoms in total. The molecule has 1 aliphatic heterocycles. The van der Waals surface area contributed by atoms with Crippen molar-refractivity contribution < 1.29 is 4.74 Å². The molecule has 0 bridgehead atoms. The van der Waals surface area contributed by atoms with E-state index in [1.165, 1.54) is 24.1 Å². The van der Waals surface area contributed by atoms with E-state index in [2.05, 4.69) is 41.7 Å². The molecule has 2 rings (SSSR count). The highest BCUT2D eigenvalue weighted by molar-refractivity contribution is 7.10. The van der Waals surface area contributed by atoms with Crippen molar-refractivity contribution in [1.82, 2.24) is 10.2 Å². The molecule has 4 heteroatoms. The topological polar surface area (TPSA) is 24.5 Å². The summed E-state index contributed by atoms with van der Waals surface area (Å²) in [7, 11) is 2.19. The highest BCUT2D eigenvalue weighted by Gasteiger charge is 2.15. The van der Waals surface area contributed by atoms with Crippen LogP contribution in [0.5, 0.6) is 0 Å². The molecular formula is C15H26N2OS. The molecule has 108 valence electrons. The molecule has 0 spiro atoms. The SMILES string of the molecule is CC(NCCN(C)CC1CCCCO1)c1cccs1.